The zero-order valence-electron chi connectivity index (χ0n) is 13.8. The average molecular weight is 341 g/mol. The van der Waals surface area contributed by atoms with Crippen LogP contribution >= 0.6 is 0 Å². The predicted molar refractivity (Wildman–Crippen MR) is 91.7 cm³/mol. The monoisotopic (exact) mass is 341 g/mol. The second-order valence-corrected chi connectivity index (χ2v) is 5.59. The number of carbonyl (C=O) groups excluding carboxylic acids is 2. The molecule has 1 N–H and O–H groups in total. The van der Waals surface area contributed by atoms with Crippen LogP contribution in [0, 0.1) is 0 Å². The highest BCUT2D eigenvalue weighted by Gasteiger charge is 2.28. The summed E-state index contributed by atoms with van der Waals surface area (Å²) in [5.41, 5.74) is 1.23. The molecule has 1 atom stereocenters. The van der Waals surface area contributed by atoms with Crippen LogP contribution in [0.2, 0.25) is 0 Å². The number of aromatic nitrogens is 1. The van der Waals surface area contributed by atoms with Gasteiger partial charge in [0.1, 0.15) is 12.4 Å². The van der Waals surface area contributed by atoms with Crippen LogP contribution in [0.4, 0.5) is 5.69 Å². The van der Waals surface area contributed by atoms with Gasteiger partial charge in [-0.05, 0) is 24.3 Å². The smallest absolute Gasteiger partial charge is 0.253 e. The lowest BCUT2D eigenvalue weighted by Gasteiger charge is -2.33. The van der Waals surface area contributed by atoms with E-state index in [9.17, 15) is 9.59 Å². The Morgan fingerprint density at radius 2 is 2.28 bits per heavy atom. The maximum Gasteiger partial charge on any atom is 0.253 e. The van der Waals surface area contributed by atoms with Crippen LogP contribution in [-0.4, -0.2) is 49.7 Å². The molecule has 1 unspecified atom stereocenters. The molecule has 2 amide bonds. The number of nitrogens with zero attached hydrogens (tertiary/aromatic N) is 2. The lowest BCUT2D eigenvalue weighted by Crippen LogP contribution is -2.50. The third-order valence-corrected chi connectivity index (χ3v) is 3.91. The summed E-state index contributed by atoms with van der Waals surface area (Å²) in [6.07, 6.45) is 2.83. The van der Waals surface area contributed by atoms with Crippen molar-refractivity contribution in [1.29, 1.82) is 0 Å². The van der Waals surface area contributed by atoms with Crippen molar-refractivity contribution in [3.8, 4) is 5.75 Å². The number of anilines is 1. The van der Waals surface area contributed by atoms with Gasteiger partial charge < -0.3 is 19.7 Å². The quantitative estimate of drug-likeness (QED) is 0.885. The molecule has 0 spiro atoms. The molecule has 25 heavy (non-hydrogen) atoms. The molecule has 7 heteroatoms. The Kier molecular flexibility index (Phi) is 5.25. The number of methoxy groups -OCH3 is 1. The zero-order valence-corrected chi connectivity index (χ0v) is 13.8. The number of pyridine rings is 1. The summed E-state index contributed by atoms with van der Waals surface area (Å²) in [6.45, 7) is 0.644. The standard InChI is InChI=1S/C18H19N3O4/c1-24-15-6-2-5-14(8-15)21-11-16(25-12-17(21)22)10-20-18(23)13-4-3-7-19-9-13/h2-9,16H,10-12H2,1H3,(H,20,23). The Balaban J connectivity index is 1.62. The van der Waals surface area contributed by atoms with Crippen LogP contribution in [0.25, 0.3) is 0 Å². The van der Waals surface area contributed by atoms with Gasteiger partial charge in [-0.1, -0.05) is 6.07 Å². The molecular formula is C18H19N3O4. The van der Waals surface area contributed by atoms with Gasteiger partial charge in [-0.15, -0.1) is 0 Å². The van der Waals surface area contributed by atoms with E-state index in [4.69, 9.17) is 9.47 Å². The summed E-state index contributed by atoms with van der Waals surface area (Å²) >= 11 is 0. The fraction of sp³-hybridized carbons (Fsp3) is 0.278. The average Bonchev–Trinajstić information content (AvgIpc) is 2.67. The number of rotatable bonds is 5. The minimum atomic E-state index is -0.287. The third-order valence-electron chi connectivity index (χ3n) is 3.91. The molecular weight excluding hydrogens is 322 g/mol. The molecule has 0 bridgehead atoms. The molecule has 3 rings (SSSR count). The van der Waals surface area contributed by atoms with Crippen molar-refractivity contribution >= 4 is 17.5 Å². The zero-order chi connectivity index (χ0) is 17.6. The molecule has 1 aromatic heterocycles. The molecule has 1 saturated heterocycles. The Hall–Kier alpha value is -2.93. The number of ether oxygens (including phenoxy) is 2. The van der Waals surface area contributed by atoms with Crippen molar-refractivity contribution < 1.29 is 19.1 Å². The molecule has 1 aliphatic rings. The molecule has 2 aromatic rings. The SMILES string of the molecule is COc1cccc(N2CC(CNC(=O)c3cccnc3)OCC2=O)c1. The van der Waals surface area contributed by atoms with Crippen molar-refractivity contribution in [2.45, 2.75) is 6.10 Å². The maximum absolute atomic E-state index is 12.2. The van der Waals surface area contributed by atoms with Crippen LogP contribution in [0.3, 0.4) is 0 Å². The highest BCUT2D eigenvalue weighted by molar-refractivity contribution is 5.95. The first-order chi connectivity index (χ1) is 12.2. The predicted octanol–water partition coefficient (Wildman–Crippen LogP) is 1.25. The van der Waals surface area contributed by atoms with Crippen molar-refractivity contribution in [2.24, 2.45) is 0 Å². The van der Waals surface area contributed by atoms with Gasteiger partial charge in [-0.25, -0.2) is 0 Å². The minimum Gasteiger partial charge on any atom is -0.497 e. The second-order valence-electron chi connectivity index (χ2n) is 5.59. The topological polar surface area (TPSA) is 80.8 Å². The van der Waals surface area contributed by atoms with Gasteiger partial charge in [0.2, 0.25) is 0 Å². The fourth-order valence-electron chi connectivity index (χ4n) is 2.58. The lowest BCUT2D eigenvalue weighted by atomic mass is 10.2. The van der Waals surface area contributed by atoms with Crippen molar-refractivity contribution in [2.75, 3.05) is 31.7 Å². The van der Waals surface area contributed by atoms with Crippen LogP contribution in [0.5, 0.6) is 5.75 Å². The molecule has 130 valence electrons. The van der Waals surface area contributed by atoms with Gasteiger partial charge in [0.15, 0.2) is 0 Å². The first-order valence-corrected chi connectivity index (χ1v) is 7.91. The Labute approximate surface area is 145 Å². The highest BCUT2D eigenvalue weighted by atomic mass is 16.5. The van der Waals surface area contributed by atoms with E-state index in [0.29, 0.717) is 24.4 Å². The largest absolute Gasteiger partial charge is 0.497 e. The Bertz CT molecular complexity index is 751. The van der Waals surface area contributed by atoms with E-state index in [2.05, 4.69) is 10.3 Å². The number of benzene rings is 1. The van der Waals surface area contributed by atoms with Crippen molar-refractivity contribution in [3.63, 3.8) is 0 Å². The summed E-state index contributed by atoms with van der Waals surface area (Å²) in [4.78, 5) is 29.8. The molecule has 7 nitrogen and oxygen atoms in total. The molecule has 2 heterocycles. The summed E-state index contributed by atoms with van der Waals surface area (Å²) in [5.74, 6) is 0.336. The fourth-order valence-corrected chi connectivity index (χ4v) is 2.58. The molecule has 0 radical (unpaired) electrons. The van der Waals surface area contributed by atoms with Gasteiger partial charge in [0.05, 0.1) is 25.3 Å². The van der Waals surface area contributed by atoms with Gasteiger partial charge in [0, 0.05) is 30.7 Å². The summed E-state index contributed by atoms with van der Waals surface area (Å²) in [6, 6.07) is 10.7. The number of hydrogen-bond donors (Lipinski definition) is 1. The molecule has 0 saturated carbocycles. The van der Waals surface area contributed by atoms with Crippen LogP contribution in [0.15, 0.2) is 48.8 Å². The maximum atomic E-state index is 12.2. The normalized spacial score (nSPS) is 17.2. The number of morpholine rings is 1. The number of carbonyl (C=O) groups is 2. The first-order valence-electron chi connectivity index (χ1n) is 7.91. The van der Waals surface area contributed by atoms with E-state index < -0.39 is 0 Å². The molecule has 1 aliphatic heterocycles. The van der Waals surface area contributed by atoms with Gasteiger partial charge in [-0.3, -0.25) is 14.6 Å². The van der Waals surface area contributed by atoms with Gasteiger partial charge >= 0.3 is 0 Å². The van der Waals surface area contributed by atoms with E-state index >= 15 is 0 Å². The second kappa shape index (κ2) is 7.76. The lowest BCUT2D eigenvalue weighted by molar-refractivity contribution is -0.129. The van der Waals surface area contributed by atoms with E-state index in [1.54, 1.807) is 36.4 Å². The van der Waals surface area contributed by atoms with Crippen LogP contribution in [0.1, 0.15) is 10.4 Å². The molecule has 1 fully saturated rings. The Morgan fingerprint density at radius 3 is 3.04 bits per heavy atom. The number of amides is 2. The van der Waals surface area contributed by atoms with Crippen molar-refractivity contribution in [1.82, 2.24) is 10.3 Å². The Morgan fingerprint density at radius 1 is 1.40 bits per heavy atom. The summed E-state index contributed by atoms with van der Waals surface area (Å²) in [7, 11) is 1.58. The van der Waals surface area contributed by atoms with Crippen molar-refractivity contribution in [3.05, 3.63) is 54.4 Å². The number of hydrogen-bond acceptors (Lipinski definition) is 5. The highest BCUT2D eigenvalue weighted by Crippen LogP contribution is 2.23. The number of nitrogens with one attached hydrogen (secondary N) is 1. The van der Waals surface area contributed by atoms with Gasteiger partial charge in [-0.2, -0.15) is 0 Å². The molecule has 0 aliphatic carbocycles. The van der Waals surface area contributed by atoms with E-state index in [-0.39, 0.29) is 24.5 Å². The molecule has 1 aromatic carbocycles. The summed E-state index contributed by atoms with van der Waals surface area (Å²) < 4.78 is 10.7. The minimum absolute atomic E-state index is 0.0232. The van der Waals surface area contributed by atoms with E-state index in [1.807, 2.05) is 18.2 Å². The first kappa shape index (κ1) is 16.9. The third kappa shape index (κ3) is 4.13. The van der Waals surface area contributed by atoms with E-state index in [0.717, 1.165) is 5.69 Å². The van der Waals surface area contributed by atoms with Crippen LogP contribution in [-0.2, 0) is 9.53 Å². The van der Waals surface area contributed by atoms with E-state index in [1.165, 1.54) is 6.20 Å². The van der Waals surface area contributed by atoms with Crippen LogP contribution < -0.4 is 15.0 Å². The summed E-state index contributed by atoms with van der Waals surface area (Å²) in [5, 5.41) is 2.81. The van der Waals surface area contributed by atoms with Gasteiger partial charge in [0.25, 0.3) is 11.8 Å².